The largest absolute Gasteiger partial charge is 0.368 e. The van der Waals surface area contributed by atoms with Gasteiger partial charge in [0.1, 0.15) is 0 Å². The fourth-order valence-electron chi connectivity index (χ4n) is 4.36. The predicted molar refractivity (Wildman–Crippen MR) is 145 cm³/mol. The number of nitrogens with one attached hydrogen (secondary N) is 1. The van der Waals surface area contributed by atoms with Crippen molar-refractivity contribution in [3.63, 3.8) is 0 Å². The van der Waals surface area contributed by atoms with E-state index in [0.29, 0.717) is 16.6 Å². The monoisotopic (exact) mass is 520 g/mol. The van der Waals surface area contributed by atoms with Gasteiger partial charge in [0.05, 0.1) is 21.3 Å². The highest BCUT2D eigenvalue weighted by Crippen LogP contribution is 2.32. The average Bonchev–Trinajstić information content (AvgIpc) is 3.14. The van der Waals surface area contributed by atoms with Gasteiger partial charge < -0.3 is 14.8 Å². The fourth-order valence-corrected chi connectivity index (χ4v) is 4.78. The Morgan fingerprint density at radius 2 is 1.71 bits per heavy atom. The van der Waals surface area contributed by atoms with Gasteiger partial charge in [-0.2, -0.15) is 0 Å². The molecule has 3 aromatic rings. The van der Waals surface area contributed by atoms with Crippen LogP contribution in [0, 0.1) is 6.92 Å². The fraction of sp³-hybridized carbons (Fsp3) is 0.346. The average molecular weight is 522 g/mol. The number of carbonyl (C=O) groups excluding carboxylic acids is 1. The van der Waals surface area contributed by atoms with E-state index in [0.717, 1.165) is 67.3 Å². The third kappa shape index (κ3) is 5.89. The highest BCUT2D eigenvalue weighted by Gasteiger charge is 2.20. The first-order valence-electron chi connectivity index (χ1n) is 11.4. The lowest BCUT2D eigenvalue weighted by molar-refractivity contribution is 0.0951. The van der Waals surface area contributed by atoms with Crippen LogP contribution >= 0.6 is 35.6 Å². The van der Waals surface area contributed by atoms with E-state index in [-0.39, 0.29) is 18.3 Å². The van der Waals surface area contributed by atoms with Gasteiger partial charge in [0.25, 0.3) is 5.91 Å². The molecular formula is C26H31Cl3N4O. The molecular weight excluding hydrogens is 491 g/mol. The van der Waals surface area contributed by atoms with Gasteiger partial charge in [0.15, 0.2) is 0 Å². The topological polar surface area (TPSA) is 40.5 Å². The molecule has 8 heteroatoms. The SMILES string of the molecule is Cc1c(C(=O)NCCCN2CCN(c3cccc(Cl)c3Cl)CC2)cc(-c2ccccc2)n1C.Cl. The molecule has 1 amide bonds. The number of piperazine rings is 1. The van der Waals surface area contributed by atoms with E-state index < -0.39 is 0 Å². The Bertz CT molecular complexity index is 1110. The van der Waals surface area contributed by atoms with Crippen LogP contribution in [0.4, 0.5) is 5.69 Å². The molecule has 0 saturated carbocycles. The summed E-state index contributed by atoms with van der Waals surface area (Å²) >= 11 is 12.5. The molecule has 1 aliphatic heterocycles. The molecule has 182 valence electrons. The summed E-state index contributed by atoms with van der Waals surface area (Å²) in [6, 6.07) is 17.9. The van der Waals surface area contributed by atoms with Gasteiger partial charge in [0, 0.05) is 51.2 Å². The quantitative estimate of drug-likeness (QED) is 0.407. The van der Waals surface area contributed by atoms with Crippen molar-refractivity contribution in [2.75, 3.05) is 44.2 Å². The Hall–Kier alpha value is -2.18. The summed E-state index contributed by atoms with van der Waals surface area (Å²) in [5.74, 6) is -0.00861. The van der Waals surface area contributed by atoms with Gasteiger partial charge in [-0.1, -0.05) is 59.6 Å². The van der Waals surface area contributed by atoms with Crippen LogP contribution in [-0.2, 0) is 7.05 Å². The number of aromatic nitrogens is 1. The molecule has 1 fully saturated rings. The van der Waals surface area contributed by atoms with Crippen LogP contribution in [-0.4, -0.2) is 54.6 Å². The Balaban J connectivity index is 0.00000324. The number of nitrogens with zero attached hydrogens (tertiary/aromatic N) is 3. The lowest BCUT2D eigenvalue weighted by Crippen LogP contribution is -2.47. The van der Waals surface area contributed by atoms with Crippen LogP contribution in [0.2, 0.25) is 10.0 Å². The Morgan fingerprint density at radius 1 is 1.00 bits per heavy atom. The molecule has 0 aliphatic carbocycles. The molecule has 1 N–H and O–H groups in total. The third-order valence-corrected chi connectivity index (χ3v) is 7.24. The number of benzene rings is 2. The molecule has 0 spiro atoms. The smallest absolute Gasteiger partial charge is 0.253 e. The number of carbonyl (C=O) groups is 1. The van der Waals surface area contributed by atoms with Crippen LogP contribution in [0.1, 0.15) is 22.5 Å². The number of hydrogen-bond donors (Lipinski definition) is 1. The first-order valence-corrected chi connectivity index (χ1v) is 12.1. The van der Waals surface area contributed by atoms with Crippen LogP contribution in [0.15, 0.2) is 54.6 Å². The van der Waals surface area contributed by atoms with E-state index in [1.807, 2.05) is 56.4 Å². The normalized spacial score (nSPS) is 14.1. The van der Waals surface area contributed by atoms with Crippen molar-refractivity contribution in [2.24, 2.45) is 7.05 Å². The van der Waals surface area contributed by atoms with E-state index in [1.54, 1.807) is 0 Å². The van der Waals surface area contributed by atoms with Crippen LogP contribution in [0.3, 0.4) is 0 Å². The second kappa shape index (κ2) is 12.0. The molecule has 34 heavy (non-hydrogen) atoms. The lowest BCUT2D eigenvalue weighted by atomic mass is 10.1. The molecule has 0 atom stereocenters. The van der Waals surface area contributed by atoms with Gasteiger partial charge in [0.2, 0.25) is 0 Å². The summed E-state index contributed by atoms with van der Waals surface area (Å²) in [6.45, 7) is 7.38. The lowest BCUT2D eigenvalue weighted by Gasteiger charge is -2.36. The Kier molecular flexibility index (Phi) is 9.31. The maximum atomic E-state index is 12.8. The highest BCUT2D eigenvalue weighted by atomic mass is 35.5. The third-order valence-electron chi connectivity index (χ3n) is 6.43. The van der Waals surface area contributed by atoms with Crippen LogP contribution in [0.5, 0.6) is 0 Å². The second-order valence-electron chi connectivity index (χ2n) is 8.46. The second-order valence-corrected chi connectivity index (χ2v) is 9.25. The van der Waals surface area contributed by atoms with Crippen LogP contribution < -0.4 is 10.2 Å². The molecule has 2 heterocycles. The van der Waals surface area contributed by atoms with Gasteiger partial charge in [-0.15, -0.1) is 12.4 Å². The number of halogens is 3. The van der Waals surface area contributed by atoms with Crippen molar-refractivity contribution in [3.8, 4) is 11.3 Å². The van der Waals surface area contributed by atoms with Gasteiger partial charge in [-0.05, 0) is 43.7 Å². The standard InChI is InChI=1S/C26H30Cl2N4O.ClH/c1-19-21(18-24(30(19)2)20-8-4-3-5-9-20)26(33)29-12-7-13-31-14-16-32(17-15-31)23-11-6-10-22(27)25(23)28;/h3-6,8-11,18H,7,12-17H2,1-2H3,(H,29,33);1H. The molecule has 0 bridgehead atoms. The number of hydrogen-bond acceptors (Lipinski definition) is 3. The summed E-state index contributed by atoms with van der Waals surface area (Å²) in [5.41, 5.74) is 4.88. The van der Waals surface area contributed by atoms with Gasteiger partial charge in [-0.3, -0.25) is 9.69 Å². The molecule has 4 rings (SSSR count). The van der Waals surface area contributed by atoms with E-state index in [9.17, 15) is 4.79 Å². The molecule has 0 unspecified atom stereocenters. The molecule has 1 aliphatic rings. The van der Waals surface area contributed by atoms with Gasteiger partial charge >= 0.3 is 0 Å². The zero-order valence-corrected chi connectivity index (χ0v) is 21.9. The number of rotatable bonds is 7. The highest BCUT2D eigenvalue weighted by molar-refractivity contribution is 6.43. The predicted octanol–water partition coefficient (Wildman–Crippen LogP) is 5.67. The van der Waals surface area contributed by atoms with Crippen molar-refractivity contribution < 1.29 is 4.79 Å². The van der Waals surface area contributed by atoms with Crippen molar-refractivity contribution >= 4 is 47.2 Å². The molecule has 1 saturated heterocycles. The molecule has 0 radical (unpaired) electrons. The van der Waals surface area contributed by atoms with Crippen molar-refractivity contribution in [1.82, 2.24) is 14.8 Å². The molecule has 5 nitrogen and oxygen atoms in total. The summed E-state index contributed by atoms with van der Waals surface area (Å²) in [4.78, 5) is 17.5. The van der Waals surface area contributed by atoms with E-state index >= 15 is 0 Å². The first kappa shape index (κ1) is 26.4. The first-order chi connectivity index (χ1) is 16.0. The maximum absolute atomic E-state index is 12.8. The number of amides is 1. The minimum atomic E-state index is -0.00861. The maximum Gasteiger partial charge on any atom is 0.253 e. The van der Waals surface area contributed by atoms with E-state index in [4.69, 9.17) is 23.2 Å². The van der Waals surface area contributed by atoms with Crippen LogP contribution in [0.25, 0.3) is 11.3 Å². The summed E-state index contributed by atoms with van der Waals surface area (Å²) in [5, 5.41) is 4.32. The van der Waals surface area contributed by atoms with E-state index in [1.165, 1.54) is 0 Å². The summed E-state index contributed by atoms with van der Waals surface area (Å²) < 4.78 is 2.08. The minimum Gasteiger partial charge on any atom is -0.368 e. The molecule has 1 aromatic heterocycles. The Labute approximate surface area is 218 Å². The Morgan fingerprint density at radius 3 is 2.41 bits per heavy atom. The molecule has 2 aromatic carbocycles. The zero-order valence-electron chi connectivity index (χ0n) is 19.6. The van der Waals surface area contributed by atoms with Gasteiger partial charge in [-0.25, -0.2) is 0 Å². The van der Waals surface area contributed by atoms with Crippen molar-refractivity contribution in [3.05, 3.63) is 75.9 Å². The minimum absolute atomic E-state index is 0. The summed E-state index contributed by atoms with van der Waals surface area (Å²) in [6.07, 6.45) is 0.918. The summed E-state index contributed by atoms with van der Waals surface area (Å²) in [7, 11) is 2.00. The number of anilines is 1. The van der Waals surface area contributed by atoms with Crippen molar-refractivity contribution in [1.29, 1.82) is 0 Å². The zero-order chi connectivity index (χ0) is 23.4. The van der Waals surface area contributed by atoms with Crippen molar-refractivity contribution in [2.45, 2.75) is 13.3 Å². The van der Waals surface area contributed by atoms with E-state index in [2.05, 4.69) is 31.8 Å².